The maximum atomic E-state index is 12.3. The summed E-state index contributed by atoms with van der Waals surface area (Å²) in [6, 6.07) is 15.9. The molecule has 0 bridgehead atoms. The summed E-state index contributed by atoms with van der Waals surface area (Å²) in [5, 5.41) is 12.5. The van der Waals surface area contributed by atoms with Gasteiger partial charge in [0.25, 0.3) is 5.91 Å². The molecule has 0 saturated carbocycles. The number of carbonyl (C=O) groups is 1. The maximum absolute atomic E-state index is 12.3. The average molecular weight is 327 g/mol. The van der Waals surface area contributed by atoms with Crippen LogP contribution in [-0.2, 0) is 4.79 Å². The van der Waals surface area contributed by atoms with E-state index in [1.807, 2.05) is 19.1 Å². The highest BCUT2D eigenvalue weighted by atomic mass is 35.5. The van der Waals surface area contributed by atoms with E-state index in [0.717, 1.165) is 5.56 Å². The zero-order chi connectivity index (χ0) is 16.7. The molecule has 116 valence electrons. The molecule has 23 heavy (non-hydrogen) atoms. The van der Waals surface area contributed by atoms with Crippen molar-refractivity contribution in [3.63, 3.8) is 0 Å². The molecule has 1 amide bonds. The van der Waals surface area contributed by atoms with Gasteiger partial charge in [-0.2, -0.15) is 5.26 Å². The van der Waals surface area contributed by atoms with Gasteiger partial charge in [0.1, 0.15) is 17.4 Å². The highest BCUT2D eigenvalue weighted by Crippen LogP contribution is 2.24. The van der Waals surface area contributed by atoms with Crippen molar-refractivity contribution in [1.29, 1.82) is 5.26 Å². The number of anilines is 1. The Labute approximate surface area is 140 Å². The van der Waals surface area contributed by atoms with Gasteiger partial charge in [0.15, 0.2) is 0 Å². The quantitative estimate of drug-likeness (QED) is 0.658. The standard InChI is InChI=1S/C18H15ClN2O2/c1-2-23-17-6-4-3-5-16(17)21-18(22)14(12-20)11-13-7-9-15(19)10-8-13/h3-11H,2H2,1H3,(H,21,22)/b14-11-. The molecule has 0 radical (unpaired) electrons. The van der Waals surface area contributed by atoms with E-state index in [0.29, 0.717) is 23.1 Å². The Hall–Kier alpha value is -2.77. The maximum Gasteiger partial charge on any atom is 0.266 e. The number of halogens is 1. The van der Waals surface area contributed by atoms with Crippen molar-refractivity contribution in [3.8, 4) is 11.8 Å². The van der Waals surface area contributed by atoms with Gasteiger partial charge in [-0.1, -0.05) is 35.9 Å². The van der Waals surface area contributed by atoms with Crippen LogP contribution in [0, 0.1) is 11.3 Å². The number of hydrogen-bond donors (Lipinski definition) is 1. The molecule has 5 heteroatoms. The summed E-state index contributed by atoms with van der Waals surface area (Å²) in [4.78, 5) is 12.3. The number of carbonyl (C=O) groups excluding carboxylic acids is 1. The highest BCUT2D eigenvalue weighted by Gasteiger charge is 2.12. The number of amides is 1. The second kappa shape index (κ2) is 8.02. The lowest BCUT2D eigenvalue weighted by atomic mass is 10.1. The summed E-state index contributed by atoms with van der Waals surface area (Å²) in [6.07, 6.45) is 1.51. The van der Waals surface area contributed by atoms with Gasteiger partial charge in [-0.25, -0.2) is 0 Å². The third-order valence-electron chi connectivity index (χ3n) is 2.98. The van der Waals surface area contributed by atoms with Crippen LogP contribution >= 0.6 is 11.6 Å². The van der Waals surface area contributed by atoms with Crippen LogP contribution in [0.25, 0.3) is 6.08 Å². The predicted octanol–water partition coefficient (Wildman–Crippen LogP) is 4.28. The second-order valence-corrected chi connectivity index (χ2v) is 5.04. The minimum atomic E-state index is -0.491. The SMILES string of the molecule is CCOc1ccccc1NC(=O)/C(C#N)=C\c1ccc(Cl)cc1. The van der Waals surface area contributed by atoms with E-state index in [9.17, 15) is 10.1 Å². The predicted molar refractivity (Wildman–Crippen MR) is 91.3 cm³/mol. The lowest BCUT2D eigenvalue weighted by Gasteiger charge is -2.10. The number of rotatable bonds is 5. The topological polar surface area (TPSA) is 62.1 Å². The third-order valence-corrected chi connectivity index (χ3v) is 3.23. The molecule has 0 heterocycles. The number of ether oxygens (including phenoxy) is 1. The number of benzene rings is 2. The Morgan fingerprint density at radius 1 is 1.26 bits per heavy atom. The van der Waals surface area contributed by atoms with E-state index in [2.05, 4.69) is 5.32 Å². The van der Waals surface area contributed by atoms with Crippen molar-refractivity contribution in [1.82, 2.24) is 0 Å². The molecule has 0 unspecified atom stereocenters. The van der Waals surface area contributed by atoms with Crippen LogP contribution in [0.4, 0.5) is 5.69 Å². The fourth-order valence-electron chi connectivity index (χ4n) is 1.92. The molecule has 0 aliphatic carbocycles. The molecule has 0 atom stereocenters. The zero-order valence-corrected chi connectivity index (χ0v) is 13.3. The molecule has 2 aromatic carbocycles. The van der Waals surface area contributed by atoms with Gasteiger partial charge in [0.05, 0.1) is 12.3 Å². The first-order valence-electron chi connectivity index (χ1n) is 7.04. The lowest BCUT2D eigenvalue weighted by molar-refractivity contribution is -0.112. The molecule has 0 aliphatic rings. The van der Waals surface area contributed by atoms with E-state index < -0.39 is 5.91 Å². The Kier molecular flexibility index (Phi) is 5.79. The van der Waals surface area contributed by atoms with Gasteiger partial charge in [-0.05, 0) is 42.8 Å². The van der Waals surface area contributed by atoms with Gasteiger partial charge in [-0.3, -0.25) is 4.79 Å². The fourth-order valence-corrected chi connectivity index (χ4v) is 2.04. The van der Waals surface area contributed by atoms with Gasteiger partial charge >= 0.3 is 0 Å². The monoisotopic (exact) mass is 326 g/mol. The molecule has 0 aliphatic heterocycles. The van der Waals surface area contributed by atoms with Crippen LogP contribution in [0.1, 0.15) is 12.5 Å². The van der Waals surface area contributed by atoms with Crippen molar-refractivity contribution >= 4 is 29.3 Å². The van der Waals surface area contributed by atoms with Crippen LogP contribution in [0.5, 0.6) is 5.75 Å². The summed E-state index contributed by atoms with van der Waals surface area (Å²) in [6.45, 7) is 2.35. The molecule has 0 fully saturated rings. The van der Waals surface area contributed by atoms with E-state index in [1.165, 1.54) is 6.08 Å². The molecule has 0 spiro atoms. The van der Waals surface area contributed by atoms with Crippen LogP contribution in [0.15, 0.2) is 54.1 Å². The summed E-state index contributed by atoms with van der Waals surface area (Å²) in [5.74, 6) is 0.0711. The normalized spacial score (nSPS) is 10.7. The van der Waals surface area contributed by atoms with Crippen LogP contribution in [0.3, 0.4) is 0 Å². The van der Waals surface area contributed by atoms with Gasteiger partial charge in [-0.15, -0.1) is 0 Å². The van der Waals surface area contributed by atoms with Crippen molar-refractivity contribution in [2.45, 2.75) is 6.92 Å². The van der Waals surface area contributed by atoms with E-state index in [1.54, 1.807) is 42.5 Å². The number of para-hydroxylation sites is 2. The summed E-state index contributed by atoms with van der Waals surface area (Å²) >= 11 is 5.82. The Balaban J connectivity index is 2.21. The minimum absolute atomic E-state index is 0.00127. The smallest absolute Gasteiger partial charge is 0.266 e. The fraction of sp³-hybridized carbons (Fsp3) is 0.111. The highest BCUT2D eigenvalue weighted by molar-refractivity contribution is 6.30. The molecule has 0 aromatic heterocycles. The number of nitriles is 1. The zero-order valence-electron chi connectivity index (χ0n) is 12.5. The van der Waals surface area contributed by atoms with Gasteiger partial charge < -0.3 is 10.1 Å². The van der Waals surface area contributed by atoms with Crippen LogP contribution in [-0.4, -0.2) is 12.5 Å². The van der Waals surface area contributed by atoms with Crippen LogP contribution < -0.4 is 10.1 Å². The van der Waals surface area contributed by atoms with Crippen molar-refractivity contribution in [2.75, 3.05) is 11.9 Å². The van der Waals surface area contributed by atoms with Gasteiger partial charge in [0, 0.05) is 5.02 Å². The first-order chi connectivity index (χ1) is 11.1. The minimum Gasteiger partial charge on any atom is -0.492 e. The van der Waals surface area contributed by atoms with Crippen molar-refractivity contribution in [3.05, 3.63) is 64.7 Å². The number of nitrogens with one attached hydrogen (secondary N) is 1. The Morgan fingerprint density at radius 2 is 1.96 bits per heavy atom. The summed E-state index contributed by atoms with van der Waals surface area (Å²) < 4.78 is 5.45. The third kappa shape index (κ3) is 4.60. The average Bonchev–Trinajstić information content (AvgIpc) is 2.56. The first kappa shape index (κ1) is 16.6. The number of nitrogens with zero attached hydrogens (tertiary/aromatic N) is 1. The largest absolute Gasteiger partial charge is 0.492 e. The molecule has 4 nitrogen and oxygen atoms in total. The van der Waals surface area contributed by atoms with Crippen molar-refractivity contribution < 1.29 is 9.53 Å². The summed E-state index contributed by atoms with van der Waals surface area (Å²) in [7, 11) is 0. The number of hydrogen-bond acceptors (Lipinski definition) is 3. The Morgan fingerprint density at radius 3 is 2.61 bits per heavy atom. The summed E-state index contributed by atoms with van der Waals surface area (Å²) in [5.41, 5.74) is 1.24. The molecule has 1 N–H and O–H groups in total. The first-order valence-corrected chi connectivity index (χ1v) is 7.42. The van der Waals surface area contributed by atoms with E-state index in [4.69, 9.17) is 16.3 Å². The molecular weight excluding hydrogens is 312 g/mol. The van der Waals surface area contributed by atoms with Crippen LogP contribution in [0.2, 0.25) is 5.02 Å². The van der Waals surface area contributed by atoms with E-state index in [-0.39, 0.29) is 5.57 Å². The van der Waals surface area contributed by atoms with Gasteiger partial charge in [0.2, 0.25) is 0 Å². The van der Waals surface area contributed by atoms with E-state index >= 15 is 0 Å². The second-order valence-electron chi connectivity index (χ2n) is 4.60. The van der Waals surface area contributed by atoms with Crippen molar-refractivity contribution in [2.24, 2.45) is 0 Å². The lowest BCUT2D eigenvalue weighted by Crippen LogP contribution is -2.14. The molecule has 2 aromatic rings. The molecule has 0 saturated heterocycles. The molecule has 2 rings (SSSR count). The Bertz CT molecular complexity index is 761. The molecular formula is C18H15ClN2O2.